The van der Waals surface area contributed by atoms with E-state index < -0.39 is 66.0 Å². The van der Waals surface area contributed by atoms with E-state index >= 15 is 0 Å². The van der Waals surface area contributed by atoms with Gasteiger partial charge in [-0.05, 0) is 106 Å². The van der Waals surface area contributed by atoms with Gasteiger partial charge in [-0.3, -0.25) is 24.5 Å². The van der Waals surface area contributed by atoms with E-state index in [0.717, 1.165) is 44.2 Å². The number of urea groups is 1. The fourth-order valence-corrected chi connectivity index (χ4v) is 10.5. The highest BCUT2D eigenvalue weighted by Gasteiger charge is 2.35. The summed E-state index contributed by atoms with van der Waals surface area (Å²) in [4.78, 5) is 106. The molecule has 0 radical (unpaired) electrons. The largest absolute Gasteiger partial charge is 0.497 e. The van der Waals surface area contributed by atoms with Crippen LogP contribution in [0.3, 0.4) is 0 Å². The Morgan fingerprint density at radius 3 is 2.05 bits per heavy atom. The Balaban J connectivity index is 0.845. The monoisotopic (exact) mass is 1150 g/mol. The second kappa shape index (κ2) is 27.8. The van der Waals surface area contributed by atoms with Crippen molar-refractivity contribution in [2.24, 2.45) is 11.7 Å². The Morgan fingerprint density at radius 2 is 1.41 bits per heavy atom. The van der Waals surface area contributed by atoms with Crippen LogP contribution in [0.4, 0.5) is 31.4 Å². The van der Waals surface area contributed by atoms with Gasteiger partial charge in [0, 0.05) is 54.4 Å². The minimum Gasteiger partial charge on any atom is -0.497 e. The number of benzene rings is 6. The van der Waals surface area contributed by atoms with Gasteiger partial charge < -0.3 is 56.5 Å². The number of nitrogens with two attached hydrogens (primary N) is 1. The number of hydrogen-bond acceptors (Lipinski definition) is 11. The van der Waals surface area contributed by atoms with Gasteiger partial charge in [0.1, 0.15) is 37.1 Å². The normalized spacial score (nSPS) is 14.3. The van der Waals surface area contributed by atoms with Crippen LogP contribution in [-0.4, -0.2) is 104 Å². The van der Waals surface area contributed by atoms with E-state index in [1.54, 1.807) is 74.4 Å². The maximum absolute atomic E-state index is 13.9. The molecule has 6 aromatic rings. The number of carboxylic acid groups (broad SMARTS) is 1. The molecule has 8 amide bonds. The minimum absolute atomic E-state index is 0.0439. The Morgan fingerprint density at radius 1 is 0.747 bits per heavy atom. The standard InChI is InChI=1S/C62H65ClN8O12/c1-36(2)56(70-53(72)28-27-50(59(76)77)68-61(79)83-35-48-44-13-6-4-11-42(44)43-12-5-7-14-45(43)48)58(75)67-49(17-10-30-65-60(64)78)57(74)66-40-23-18-38(19-24-40)34-82-62(80)69-51-31-52-55(47-16-9-8-15-46(47)51)39(32-63)33-71(52)54(73)29-22-37-20-25-41(81-3)26-21-37/h4-9,11-16,18-26,29,31,36,39,48-50,56H,10,17,27-28,30,32-35H2,1-3H3,(H,66,74)(H,67,75)(H,68,79)(H,69,80)(H,70,72)(H,76,77)(H3,64,65,78)/b29-22+/t39?,49-,50-,56-/m0/s1. The second-order valence-electron chi connectivity index (χ2n) is 20.4. The molecule has 1 heterocycles. The molecule has 4 atom stereocenters. The number of methoxy groups -OCH3 is 1. The quantitative estimate of drug-likeness (QED) is 0.0160. The van der Waals surface area contributed by atoms with E-state index in [1.807, 2.05) is 84.9 Å². The third-order valence-electron chi connectivity index (χ3n) is 14.4. The second-order valence-corrected chi connectivity index (χ2v) is 20.7. The molecular formula is C62H65ClN8O12. The lowest BCUT2D eigenvalue weighted by atomic mass is 9.95. The Bertz CT molecular complexity index is 3360. The molecule has 1 aliphatic carbocycles. The molecule has 21 heteroatoms. The maximum atomic E-state index is 13.9. The van der Waals surface area contributed by atoms with Crippen molar-refractivity contribution in [1.82, 2.24) is 21.3 Å². The molecule has 0 bridgehead atoms. The fraction of sp³-hybridized carbons (Fsp3) is 0.290. The number of carbonyl (C=O) groups excluding carboxylic acids is 7. The van der Waals surface area contributed by atoms with Crippen LogP contribution >= 0.6 is 11.6 Å². The Hall–Kier alpha value is -9.43. The minimum atomic E-state index is -1.49. The molecule has 2 aliphatic rings. The molecule has 83 heavy (non-hydrogen) atoms. The molecule has 8 rings (SSSR count). The van der Waals surface area contributed by atoms with Crippen molar-refractivity contribution in [2.45, 2.75) is 76.1 Å². The molecule has 0 aromatic heterocycles. The highest BCUT2D eigenvalue weighted by molar-refractivity contribution is 6.19. The fourth-order valence-electron chi connectivity index (χ4n) is 10.2. The zero-order valence-corrected chi connectivity index (χ0v) is 46.7. The van der Waals surface area contributed by atoms with Gasteiger partial charge in [0.2, 0.25) is 17.7 Å². The number of ether oxygens (including phenoxy) is 3. The van der Waals surface area contributed by atoms with Crippen LogP contribution < -0.4 is 47.3 Å². The van der Waals surface area contributed by atoms with Crippen molar-refractivity contribution >= 4 is 93.3 Å². The van der Waals surface area contributed by atoms with Gasteiger partial charge in [0.25, 0.3) is 5.91 Å². The summed E-state index contributed by atoms with van der Waals surface area (Å²) in [6.07, 6.45) is 1.04. The molecule has 0 spiro atoms. The Kier molecular flexibility index (Phi) is 20.0. The lowest BCUT2D eigenvalue weighted by Crippen LogP contribution is -2.54. The average molecular weight is 1150 g/mol. The summed E-state index contributed by atoms with van der Waals surface area (Å²) in [6, 6.07) is 33.9. The molecule has 0 saturated heterocycles. The summed E-state index contributed by atoms with van der Waals surface area (Å²) in [5.74, 6) is -3.60. The molecule has 20 nitrogen and oxygen atoms in total. The number of alkyl halides is 1. The summed E-state index contributed by atoms with van der Waals surface area (Å²) in [5, 5.41) is 27.3. The molecule has 0 fully saturated rings. The summed E-state index contributed by atoms with van der Waals surface area (Å²) >= 11 is 6.48. The molecule has 0 saturated carbocycles. The Labute approximate surface area is 484 Å². The van der Waals surface area contributed by atoms with Crippen molar-refractivity contribution in [3.8, 4) is 16.9 Å². The van der Waals surface area contributed by atoms with Crippen LogP contribution in [0.15, 0.2) is 133 Å². The van der Waals surface area contributed by atoms with Gasteiger partial charge >= 0.3 is 24.2 Å². The third-order valence-corrected chi connectivity index (χ3v) is 14.8. The van der Waals surface area contributed by atoms with Crippen LogP contribution in [0, 0.1) is 5.92 Å². The van der Waals surface area contributed by atoms with Crippen LogP contribution in [-0.2, 0) is 40.1 Å². The zero-order valence-electron chi connectivity index (χ0n) is 45.9. The lowest BCUT2D eigenvalue weighted by Gasteiger charge is -2.25. The molecule has 9 N–H and O–H groups in total. The smallest absolute Gasteiger partial charge is 0.411 e. The van der Waals surface area contributed by atoms with Crippen molar-refractivity contribution in [3.05, 3.63) is 161 Å². The van der Waals surface area contributed by atoms with E-state index in [1.165, 1.54) is 6.08 Å². The van der Waals surface area contributed by atoms with E-state index in [4.69, 9.17) is 31.5 Å². The summed E-state index contributed by atoms with van der Waals surface area (Å²) in [7, 11) is 1.58. The van der Waals surface area contributed by atoms with Crippen LogP contribution in [0.25, 0.3) is 28.0 Å². The number of nitrogens with zero attached hydrogens (tertiary/aromatic N) is 1. The number of halogens is 1. The van der Waals surface area contributed by atoms with Crippen molar-refractivity contribution in [3.63, 3.8) is 0 Å². The SMILES string of the molecule is COc1ccc(/C=C/C(=O)N2CC(CCl)c3c2cc(NC(=O)OCc2ccc(NC(=O)[C@H](CCCNC(N)=O)NC(=O)[C@@H](NC(=O)CC[C@H](NC(=O)OCC4c5ccccc5-c5ccccc54)C(=O)O)C(C)C)cc2)c2ccccc32)cc1. The van der Waals surface area contributed by atoms with Crippen molar-refractivity contribution in [2.75, 3.05) is 48.2 Å². The first kappa shape index (κ1) is 59.7. The number of carbonyl (C=O) groups is 8. The first-order valence-corrected chi connectivity index (χ1v) is 27.6. The maximum Gasteiger partial charge on any atom is 0.411 e. The highest BCUT2D eigenvalue weighted by Crippen LogP contribution is 2.46. The number of carboxylic acids is 1. The summed E-state index contributed by atoms with van der Waals surface area (Å²) < 4.78 is 16.4. The first-order chi connectivity index (χ1) is 40.0. The van der Waals surface area contributed by atoms with E-state index in [-0.39, 0.29) is 69.1 Å². The molecule has 432 valence electrons. The number of fused-ring (bicyclic) bond motifs is 6. The van der Waals surface area contributed by atoms with Gasteiger partial charge in [-0.2, -0.15) is 0 Å². The van der Waals surface area contributed by atoms with Crippen LogP contribution in [0.1, 0.15) is 79.2 Å². The van der Waals surface area contributed by atoms with Gasteiger partial charge in [-0.25, -0.2) is 19.2 Å². The van der Waals surface area contributed by atoms with Crippen LogP contribution in [0.2, 0.25) is 0 Å². The predicted molar refractivity (Wildman–Crippen MR) is 315 cm³/mol. The number of nitrogens with one attached hydrogen (secondary N) is 6. The van der Waals surface area contributed by atoms with E-state index in [2.05, 4.69) is 31.9 Å². The number of primary amides is 1. The van der Waals surface area contributed by atoms with Gasteiger partial charge in [0.05, 0.1) is 18.5 Å². The number of aliphatic carboxylic acids is 1. The number of rotatable bonds is 24. The van der Waals surface area contributed by atoms with E-state index in [9.17, 15) is 43.5 Å². The summed E-state index contributed by atoms with van der Waals surface area (Å²) in [5.41, 5.74) is 12.9. The summed E-state index contributed by atoms with van der Waals surface area (Å²) in [6.45, 7) is 3.59. The number of amides is 8. The highest BCUT2D eigenvalue weighted by atomic mass is 35.5. The van der Waals surface area contributed by atoms with Gasteiger partial charge in [-0.1, -0.05) is 111 Å². The molecule has 1 aliphatic heterocycles. The van der Waals surface area contributed by atoms with Gasteiger partial charge in [-0.15, -0.1) is 11.6 Å². The third kappa shape index (κ3) is 15.1. The first-order valence-electron chi connectivity index (χ1n) is 27.1. The molecule has 6 aromatic carbocycles. The molecule has 1 unspecified atom stereocenters. The van der Waals surface area contributed by atoms with Crippen molar-refractivity contribution < 1.29 is 57.7 Å². The van der Waals surface area contributed by atoms with E-state index in [0.29, 0.717) is 34.9 Å². The van der Waals surface area contributed by atoms with Crippen molar-refractivity contribution in [1.29, 1.82) is 0 Å². The van der Waals surface area contributed by atoms with Crippen LogP contribution in [0.5, 0.6) is 5.75 Å². The number of alkyl carbamates (subject to hydrolysis) is 1. The predicted octanol–water partition coefficient (Wildman–Crippen LogP) is 8.76. The number of anilines is 3. The topological polar surface area (TPSA) is 286 Å². The van der Waals surface area contributed by atoms with Gasteiger partial charge in [0.15, 0.2) is 0 Å². The molecular weight excluding hydrogens is 1080 g/mol. The lowest BCUT2D eigenvalue weighted by molar-refractivity contribution is -0.139. The average Bonchev–Trinajstić information content (AvgIpc) is 3.44. The number of hydrogen-bond donors (Lipinski definition) is 8. The zero-order chi connectivity index (χ0) is 59.2.